The molecule has 0 unspecified atom stereocenters. The predicted molar refractivity (Wildman–Crippen MR) is 50.3 cm³/mol. The van der Waals surface area contributed by atoms with Gasteiger partial charge in [0.25, 0.3) is 0 Å². The Hall–Kier alpha value is -0.120. The van der Waals surface area contributed by atoms with E-state index in [-0.39, 0.29) is 6.61 Å². The molecule has 3 heteroatoms. The molecule has 0 radical (unpaired) electrons. The summed E-state index contributed by atoms with van der Waals surface area (Å²) >= 11 is 0. The first-order valence-electron chi connectivity index (χ1n) is 4.60. The first kappa shape index (κ1) is 11.9. The van der Waals surface area contributed by atoms with Gasteiger partial charge >= 0.3 is 0 Å². The summed E-state index contributed by atoms with van der Waals surface area (Å²) < 4.78 is 5.35. The van der Waals surface area contributed by atoms with Gasteiger partial charge < -0.3 is 14.7 Å². The normalized spacial score (nSPS) is 11.0. The third-order valence-corrected chi connectivity index (χ3v) is 1.59. The molecule has 74 valence electrons. The summed E-state index contributed by atoms with van der Waals surface area (Å²) in [5.41, 5.74) is 0. The minimum Gasteiger partial charge on any atom is -0.396 e. The molecule has 0 rings (SSSR count). The van der Waals surface area contributed by atoms with E-state index in [1.54, 1.807) is 0 Å². The molecular formula is C9H21NO2. The highest BCUT2D eigenvalue weighted by atomic mass is 16.5. The molecule has 0 aliphatic carbocycles. The molecule has 0 aromatic rings. The summed E-state index contributed by atoms with van der Waals surface area (Å²) in [6, 6.07) is 0. The molecule has 0 heterocycles. The van der Waals surface area contributed by atoms with E-state index in [1.165, 1.54) is 0 Å². The third kappa shape index (κ3) is 9.88. The average Bonchev–Trinajstić information content (AvgIpc) is 2.02. The Kier molecular flexibility index (Phi) is 8.88. The summed E-state index contributed by atoms with van der Waals surface area (Å²) in [4.78, 5) is 2.15. The lowest BCUT2D eigenvalue weighted by atomic mass is 10.3. The van der Waals surface area contributed by atoms with Crippen molar-refractivity contribution in [3.05, 3.63) is 0 Å². The van der Waals surface area contributed by atoms with Gasteiger partial charge in [-0.05, 0) is 39.9 Å². The van der Waals surface area contributed by atoms with Crippen LogP contribution in [0.4, 0.5) is 0 Å². The number of aliphatic hydroxyl groups excluding tert-OH is 1. The summed E-state index contributed by atoms with van der Waals surface area (Å²) in [6.45, 7) is 2.98. The first-order chi connectivity index (χ1) is 5.77. The zero-order valence-corrected chi connectivity index (χ0v) is 8.25. The SMILES string of the molecule is CN(C)CCCOCCCCO. The van der Waals surface area contributed by atoms with E-state index < -0.39 is 0 Å². The van der Waals surface area contributed by atoms with Crippen LogP contribution in [0.25, 0.3) is 0 Å². The Morgan fingerprint density at radius 3 is 2.33 bits per heavy atom. The summed E-state index contributed by atoms with van der Waals surface area (Å²) in [5.74, 6) is 0. The van der Waals surface area contributed by atoms with Crippen LogP contribution >= 0.6 is 0 Å². The predicted octanol–water partition coefficient (Wildman–Crippen LogP) is 0.727. The highest BCUT2D eigenvalue weighted by molar-refractivity contribution is 4.43. The minimum absolute atomic E-state index is 0.279. The second-order valence-corrected chi connectivity index (χ2v) is 3.20. The van der Waals surface area contributed by atoms with Gasteiger partial charge in [-0.2, -0.15) is 0 Å². The van der Waals surface area contributed by atoms with E-state index in [0.29, 0.717) is 0 Å². The maximum Gasteiger partial charge on any atom is 0.0478 e. The number of unbranched alkanes of at least 4 members (excludes halogenated alkanes) is 1. The molecule has 0 saturated heterocycles. The van der Waals surface area contributed by atoms with Gasteiger partial charge in [0.2, 0.25) is 0 Å². The quantitative estimate of drug-likeness (QED) is 0.552. The van der Waals surface area contributed by atoms with Gasteiger partial charge in [-0.15, -0.1) is 0 Å². The van der Waals surface area contributed by atoms with Gasteiger partial charge in [-0.25, -0.2) is 0 Å². The maximum atomic E-state index is 8.48. The molecule has 0 aromatic carbocycles. The molecule has 0 aromatic heterocycles. The van der Waals surface area contributed by atoms with Crippen molar-refractivity contribution < 1.29 is 9.84 Å². The number of aliphatic hydroxyl groups is 1. The monoisotopic (exact) mass is 175 g/mol. The Labute approximate surface area is 75.3 Å². The second-order valence-electron chi connectivity index (χ2n) is 3.20. The lowest BCUT2D eigenvalue weighted by Crippen LogP contribution is -2.15. The fourth-order valence-electron chi connectivity index (χ4n) is 0.901. The third-order valence-electron chi connectivity index (χ3n) is 1.59. The van der Waals surface area contributed by atoms with Crippen molar-refractivity contribution in [2.75, 3.05) is 40.5 Å². The summed E-state index contributed by atoms with van der Waals surface area (Å²) in [7, 11) is 4.12. The van der Waals surface area contributed by atoms with Crippen LogP contribution in [0, 0.1) is 0 Å². The topological polar surface area (TPSA) is 32.7 Å². The smallest absolute Gasteiger partial charge is 0.0478 e. The van der Waals surface area contributed by atoms with Crippen LogP contribution in [0.3, 0.4) is 0 Å². The second kappa shape index (κ2) is 8.97. The highest BCUT2D eigenvalue weighted by Crippen LogP contribution is 1.90. The van der Waals surface area contributed by atoms with E-state index in [2.05, 4.69) is 19.0 Å². The van der Waals surface area contributed by atoms with Gasteiger partial charge in [0.15, 0.2) is 0 Å². The van der Waals surface area contributed by atoms with Crippen LogP contribution < -0.4 is 0 Å². The first-order valence-corrected chi connectivity index (χ1v) is 4.60. The van der Waals surface area contributed by atoms with Crippen molar-refractivity contribution in [3.63, 3.8) is 0 Å². The van der Waals surface area contributed by atoms with Crippen molar-refractivity contribution in [3.8, 4) is 0 Å². The minimum atomic E-state index is 0.279. The number of rotatable bonds is 8. The zero-order chi connectivity index (χ0) is 9.23. The van der Waals surface area contributed by atoms with Gasteiger partial charge in [-0.1, -0.05) is 0 Å². The molecule has 0 amide bonds. The zero-order valence-electron chi connectivity index (χ0n) is 8.25. The molecule has 0 atom stereocenters. The van der Waals surface area contributed by atoms with Crippen LogP contribution in [0.1, 0.15) is 19.3 Å². The Morgan fingerprint density at radius 1 is 1.08 bits per heavy atom. The van der Waals surface area contributed by atoms with Crippen molar-refractivity contribution in [1.29, 1.82) is 0 Å². The number of hydrogen-bond donors (Lipinski definition) is 1. The van der Waals surface area contributed by atoms with Gasteiger partial charge in [0.05, 0.1) is 0 Å². The van der Waals surface area contributed by atoms with Gasteiger partial charge in [0.1, 0.15) is 0 Å². The standard InChI is InChI=1S/C9H21NO2/c1-10(2)6-5-9-12-8-4-3-7-11/h11H,3-9H2,1-2H3. The van der Waals surface area contributed by atoms with Crippen LogP contribution in [0.15, 0.2) is 0 Å². The fourth-order valence-corrected chi connectivity index (χ4v) is 0.901. The Morgan fingerprint density at radius 2 is 1.75 bits per heavy atom. The van der Waals surface area contributed by atoms with Crippen LogP contribution in [-0.2, 0) is 4.74 Å². The molecule has 0 aliphatic rings. The van der Waals surface area contributed by atoms with E-state index in [1.807, 2.05) is 0 Å². The lowest BCUT2D eigenvalue weighted by molar-refractivity contribution is 0.118. The van der Waals surface area contributed by atoms with Gasteiger partial charge in [-0.3, -0.25) is 0 Å². The molecule has 3 nitrogen and oxygen atoms in total. The molecule has 0 bridgehead atoms. The van der Waals surface area contributed by atoms with Crippen LogP contribution in [0.5, 0.6) is 0 Å². The molecule has 0 fully saturated rings. The van der Waals surface area contributed by atoms with E-state index in [0.717, 1.165) is 39.0 Å². The van der Waals surface area contributed by atoms with E-state index in [4.69, 9.17) is 9.84 Å². The van der Waals surface area contributed by atoms with Crippen molar-refractivity contribution in [2.45, 2.75) is 19.3 Å². The van der Waals surface area contributed by atoms with Crippen molar-refractivity contribution in [1.82, 2.24) is 4.90 Å². The largest absolute Gasteiger partial charge is 0.396 e. The molecule has 0 spiro atoms. The average molecular weight is 175 g/mol. The van der Waals surface area contributed by atoms with Crippen molar-refractivity contribution in [2.24, 2.45) is 0 Å². The molecule has 0 aliphatic heterocycles. The fraction of sp³-hybridized carbons (Fsp3) is 1.00. The van der Waals surface area contributed by atoms with Crippen LogP contribution in [-0.4, -0.2) is 50.5 Å². The number of nitrogens with zero attached hydrogens (tertiary/aromatic N) is 1. The maximum absolute atomic E-state index is 8.48. The molecule has 12 heavy (non-hydrogen) atoms. The Balaban J connectivity index is 2.82. The summed E-state index contributed by atoms with van der Waals surface area (Å²) in [5, 5.41) is 8.48. The molecule has 0 saturated carbocycles. The Bertz CT molecular complexity index is 86.6. The van der Waals surface area contributed by atoms with Crippen LogP contribution in [0.2, 0.25) is 0 Å². The summed E-state index contributed by atoms with van der Waals surface area (Å²) in [6.07, 6.45) is 2.91. The van der Waals surface area contributed by atoms with E-state index in [9.17, 15) is 0 Å². The molecule has 1 N–H and O–H groups in total. The lowest BCUT2D eigenvalue weighted by Gasteiger charge is -2.08. The molecular weight excluding hydrogens is 154 g/mol. The van der Waals surface area contributed by atoms with Crippen molar-refractivity contribution >= 4 is 0 Å². The highest BCUT2D eigenvalue weighted by Gasteiger charge is 1.91. The number of hydrogen-bond acceptors (Lipinski definition) is 3. The number of ether oxygens (including phenoxy) is 1. The van der Waals surface area contributed by atoms with E-state index >= 15 is 0 Å². The van der Waals surface area contributed by atoms with Gasteiger partial charge in [0, 0.05) is 19.8 Å².